The maximum absolute atomic E-state index is 12.8. The summed E-state index contributed by atoms with van der Waals surface area (Å²) in [7, 11) is 1.85. The minimum Gasteiger partial charge on any atom is -0.492 e. The molecule has 0 aromatic heterocycles. The standard InChI is InChI=1S/C19H22ClFN2O2/c1-13-4-5-15(20)12-18(13)22-19(24)14(2)23(3)10-11-25-17-8-6-16(21)7-9-17/h4-9,12,14H,10-11H2,1-3H3,(H,22,24). The number of likely N-dealkylation sites (N-methyl/N-ethyl adjacent to an activating group) is 1. The van der Waals surface area contributed by atoms with Crippen LogP contribution < -0.4 is 10.1 Å². The second kappa shape index (κ2) is 8.83. The Hall–Kier alpha value is -2.11. The van der Waals surface area contributed by atoms with Gasteiger partial charge in [-0.05, 0) is 62.9 Å². The molecule has 2 aromatic carbocycles. The summed E-state index contributed by atoms with van der Waals surface area (Å²) in [6.45, 7) is 4.69. The summed E-state index contributed by atoms with van der Waals surface area (Å²) in [6.07, 6.45) is 0. The van der Waals surface area contributed by atoms with E-state index in [2.05, 4.69) is 5.32 Å². The van der Waals surface area contributed by atoms with Crippen molar-refractivity contribution in [1.29, 1.82) is 0 Å². The summed E-state index contributed by atoms with van der Waals surface area (Å²) >= 11 is 5.98. The maximum atomic E-state index is 12.8. The Kier molecular flexibility index (Phi) is 6.79. The fraction of sp³-hybridized carbons (Fsp3) is 0.316. The predicted molar refractivity (Wildman–Crippen MR) is 98.8 cm³/mol. The molecular formula is C19H22ClFN2O2. The molecule has 0 radical (unpaired) electrons. The molecule has 1 atom stereocenters. The zero-order valence-electron chi connectivity index (χ0n) is 14.6. The topological polar surface area (TPSA) is 41.6 Å². The number of carbonyl (C=O) groups excluding carboxylic acids is 1. The van der Waals surface area contributed by atoms with Crippen LogP contribution in [0.2, 0.25) is 5.02 Å². The maximum Gasteiger partial charge on any atom is 0.241 e. The molecule has 2 aromatic rings. The third-order valence-electron chi connectivity index (χ3n) is 4.02. The van der Waals surface area contributed by atoms with E-state index in [0.29, 0.717) is 29.6 Å². The van der Waals surface area contributed by atoms with Crippen molar-refractivity contribution < 1.29 is 13.9 Å². The summed E-state index contributed by atoms with van der Waals surface area (Å²) in [5, 5.41) is 3.48. The molecule has 0 heterocycles. The molecular weight excluding hydrogens is 343 g/mol. The number of benzene rings is 2. The molecule has 25 heavy (non-hydrogen) atoms. The number of rotatable bonds is 7. The van der Waals surface area contributed by atoms with Crippen LogP contribution in [0.3, 0.4) is 0 Å². The lowest BCUT2D eigenvalue weighted by Crippen LogP contribution is -2.41. The third-order valence-corrected chi connectivity index (χ3v) is 4.26. The Morgan fingerprint density at radius 3 is 2.64 bits per heavy atom. The number of hydrogen-bond acceptors (Lipinski definition) is 3. The van der Waals surface area contributed by atoms with Crippen molar-refractivity contribution in [2.45, 2.75) is 19.9 Å². The molecule has 0 aliphatic heterocycles. The van der Waals surface area contributed by atoms with Gasteiger partial charge in [-0.15, -0.1) is 0 Å². The average Bonchev–Trinajstić information content (AvgIpc) is 2.59. The van der Waals surface area contributed by atoms with E-state index in [0.717, 1.165) is 5.56 Å². The monoisotopic (exact) mass is 364 g/mol. The highest BCUT2D eigenvalue weighted by molar-refractivity contribution is 6.31. The third kappa shape index (κ3) is 5.73. The first-order valence-corrected chi connectivity index (χ1v) is 8.40. The first kappa shape index (κ1) is 19.2. The molecule has 0 saturated heterocycles. The van der Waals surface area contributed by atoms with Gasteiger partial charge >= 0.3 is 0 Å². The normalized spacial score (nSPS) is 12.1. The molecule has 1 unspecified atom stereocenters. The molecule has 0 aliphatic carbocycles. The number of carbonyl (C=O) groups is 1. The van der Waals surface area contributed by atoms with Crippen molar-refractivity contribution in [3.8, 4) is 5.75 Å². The van der Waals surface area contributed by atoms with Crippen molar-refractivity contribution >= 4 is 23.2 Å². The SMILES string of the molecule is Cc1ccc(Cl)cc1NC(=O)C(C)N(C)CCOc1ccc(F)cc1. The highest BCUT2D eigenvalue weighted by Gasteiger charge is 2.18. The number of anilines is 1. The molecule has 0 fully saturated rings. The summed E-state index contributed by atoms with van der Waals surface area (Å²) in [6, 6.07) is 10.9. The van der Waals surface area contributed by atoms with Crippen molar-refractivity contribution in [3.63, 3.8) is 0 Å². The molecule has 4 nitrogen and oxygen atoms in total. The molecule has 6 heteroatoms. The van der Waals surface area contributed by atoms with Crippen LogP contribution in [0.5, 0.6) is 5.75 Å². The second-order valence-corrected chi connectivity index (χ2v) is 6.34. The van der Waals surface area contributed by atoms with Crippen LogP contribution >= 0.6 is 11.6 Å². The Morgan fingerprint density at radius 1 is 1.28 bits per heavy atom. The van der Waals surface area contributed by atoms with Gasteiger partial charge in [0, 0.05) is 17.3 Å². The van der Waals surface area contributed by atoms with E-state index in [-0.39, 0.29) is 17.8 Å². The minimum absolute atomic E-state index is 0.116. The first-order valence-electron chi connectivity index (χ1n) is 8.02. The predicted octanol–water partition coefficient (Wildman–Crippen LogP) is 4.13. The average molecular weight is 365 g/mol. The number of amides is 1. The Balaban J connectivity index is 1.84. The van der Waals surface area contributed by atoms with Crippen molar-refractivity contribution in [2.24, 2.45) is 0 Å². The van der Waals surface area contributed by atoms with E-state index in [1.54, 1.807) is 24.3 Å². The number of nitrogens with one attached hydrogen (secondary N) is 1. The van der Waals surface area contributed by atoms with Gasteiger partial charge in [-0.25, -0.2) is 4.39 Å². The summed E-state index contributed by atoms with van der Waals surface area (Å²) in [5.74, 6) is 0.183. The van der Waals surface area contributed by atoms with Gasteiger partial charge in [0.25, 0.3) is 0 Å². The molecule has 1 N–H and O–H groups in total. The van der Waals surface area contributed by atoms with Crippen LogP contribution in [-0.4, -0.2) is 37.0 Å². The lowest BCUT2D eigenvalue weighted by molar-refractivity contribution is -0.120. The number of hydrogen-bond donors (Lipinski definition) is 1. The highest BCUT2D eigenvalue weighted by Crippen LogP contribution is 2.20. The molecule has 0 aliphatic rings. The number of ether oxygens (including phenoxy) is 1. The summed E-state index contributed by atoms with van der Waals surface area (Å²) in [5.41, 5.74) is 1.66. The van der Waals surface area contributed by atoms with Crippen molar-refractivity contribution in [2.75, 3.05) is 25.5 Å². The summed E-state index contributed by atoms with van der Waals surface area (Å²) in [4.78, 5) is 14.3. The van der Waals surface area contributed by atoms with Gasteiger partial charge in [-0.3, -0.25) is 9.69 Å². The number of halogens is 2. The molecule has 1 amide bonds. The van der Waals surface area contributed by atoms with Crippen LogP contribution in [0.15, 0.2) is 42.5 Å². The smallest absolute Gasteiger partial charge is 0.241 e. The van der Waals surface area contributed by atoms with E-state index in [9.17, 15) is 9.18 Å². The molecule has 0 saturated carbocycles. The quantitative estimate of drug-likeness (QED) is 0.803. The summed E-state index contributed by atoms with van der Waals surface area (Å²) < 4.78 is 18.4. The highest BCUT2D eigenvalue weighted by atomic mass is 35.5. The van der Waals surface area contributed by atoms with Gasteiger partial charge in [0.2, 0.25) is 5.91 Å². The minimum atomic E-state index is -0.338. The fourth-order valence-corrected chi connectivity index (χ4v) is 2.37. The zero-order chi connectivity index (χ0) is 18.4. The van der Waals surface area contributed by atoms with E-state index in [4.69, 9.17) is 16.3 Å². The number of aryl methyl sites for hydroxylation is 1. The van der Waals surface area contributed by atoms with Crippen LogP contribution in [0.25, 0.3) is 0 Å². The molecule has 2 rings (SSSR count). The molecule has 0 spiro atoms. The molecule has 134 valence electrons. The lowest BCUT2D eigenvalue weighted by atomic mass is 10.2. The van der Waals surface area contributed by atoms with Gasteiger partial charge in [0.1, 0.15) is 18.2 Å². The van der Waals surface area contributed by atoms with Crippen LogP contribution in [0.1, 0.15) is 12.5 Å². The Morgan fingerprint density at radius 2 is 1.96 bits per heavy atom. The lowest BCUT2D eigenvalue weighted by Gasteiger charge is -2.24. The zero-order valence-corrected chi connectivity index (χ0v) is 15.3. The van der Waals surface area contributed by atoms with E-state index in [1.807, 2.05) is 31.9 Å². The first-order chi connectivity index (χ1) is 11.9. The Bertz CT molecular complexity index is 722. The van der Waals surface area contributed by atoms with E-state index >= 15 is 0 Å². The van der Waals surface area contributed by atoms with Crippen LogP contribution in [0.4, 0.5) is 10.1 Å². The van der Waals surface area contributed by atoms with Gasteiger partial charge < -0.3 is 10.1 Å². The second-order valence-electron chi connectivity index (χ2n) is 5.91. The van der Waals surface area contributed by atoms with Gasteiger partial charge in [0.15, 0.2) is 0 Å². The van der Waals surface area contributed by atoms with E-state index < -0.39 is 0 Å². The van der Waals surface area contributed by atoms with E-state index in [1.165, 1.54) is 12.1 Å². The largest absolute Gasteiger partial charge is 0.492 e. The molecule has 0 bridgehead atoms. The van der Waals surface area contributed by atoms with Gasteiger partial charge in [0.05, 0.1) is 6.04 Å². The van der Waals surface area contributed by atoms with Crippen LogP contribution in [0, 0.1) is 12.7 Å². The van der Waals surface area contributed by atoms with Gasteiger partial charge in [-0.1, -0.05) is 17.7 Å². The van der Waals surface area contributed by atoms with Crippen molar-refractivity contribution in [3.05, 3.63) is 58.9 Å². The Labute approximate surface area is 152 Å². The van der Waals surface area contributed by atoms with Crippen LogP contribution in [-0.2, 0) is 4.79 Å². The van der Waals surface area contributed by atoms with Crippen molar-refractivity contribution in [1.82, 2.24) is 4.90 Å². The fourth-order valence-electron chi connectivity index (χ4n) is 2.20. The number of nitrogens with zero attached hydrogens (tertiary/aromatic N) is 1. The van der Waals surface area contributed by atoms with Gasteiger partial charge in [-0.2, -0.15) is 0 Å².